The van der Waals surface area contributed by atoms with E-state index in [1.165, 1.54) is 4.88 Å². The highest BCUT2D eigenvalue weighted by molar-refractivity contribution is 7.10. The summed E-state index contributed by atoms with van der Waals surface area (Å²) < 4.78 is 7.33. The Kier molecular flexibility index (Phi) is 7.52. The Labute approximate surface area is 193 Å². The van der Waals surface area contributed by atoms with E-state index >= 15 is 0 Å². The molecule has 0 aliphatic rings. The van der Waals surface area contributed by atoms with Crippen LogP contribution < -0.4 is 10.1 Å². The van der Waals surface area contributed by atoms with Crippen molar-refractivity contribution in [1.29, 1.82) is 5.26 Å². The summed E-state index contributed by atoms with van der Waals surface area (Å²) in [5.74, 6) is 0.420. The molecule has 2 heterocycles. The molecule has 1 N–H and O–H groups in total. The summed E-state index contributed by atoms with van der Waals surface area (Å²) in [7, 11) is 5.59. The molecule has 3 rings (SSSR count). The van der Waals surface area contributed by atoms with Crippen LogP contribution in [0.15, 0.2) is 53.4 Å². The third kappa shape index (κ3) is 5.10. The van der Waals surface area contributed by atoms with Crippen LogP contribution in [-0.4, -0.2) is 43.1 Å². The first-order valence-electron chi connectivity index (χ1n) is 10.3. The lowest BCUT2D eigenvalue weighted by atomic mass is 10.1. The first-order chi connectivity index (χ1) is 15.3. The van der Waals surface area contributed by atoms with Crippen LogP contribution in [0.1, 0.15) is 27.9 Å². The number of methoxy groups -OCH3 is 1. The van der Waals surface area contributed by atoms with Gasteiger partial charge < -0.3 is 19.5 Å². The van der Waals surface area contributed by atoms with Crippen LogP contribution in [-0.2, 0) is 4.79 Å². The number of rotatable bonds is 8. The Balaban J connectivity index is 1.81. The van der Waals surface area contributed by atoms with E-state index in [0.717, 1.165) is 28.4 Å². The average molecular weight is 449 g/mol. The molecule has 6 nitrogen and oxygen atoms in total. The monoisotopic (exact) mass is 448 g/mol. The number of benzene rings is 1. The van der Waals surface area contributed by atoms with Gasteiger partial charge in [0.15, 0.2) is 0 Å². The zero-order valence-electron chi connectivity index (χ0n) is 19.0. The molecule has 1 aromatic carbocycles. The van der Waals surface area contributed by atoms with Crippen molar-refractivity contribution in [3.8, 4) is 17.5 Å². The number of aromatic nitrogens is 1. The van der Waals surface area contributed by atoms with Crippen LogP contribution in [0.4, 0.5) is 0 Å². The van der Waals surface area contributed by atoms with E-state index in [4.69, 9.17) is 4.74 Å². The van der Waals surface area contributed by atoms with Gasteiger partial charge in [0.05, 0.1) is 13.2 Å². The molecule has 1 unspecified atom stereocenters. The highest BCUT2D eigenvalue weighted by Gasteiger charge is 2.18. The van der Waals surface area contributed by atoms with Gasteiger partial charge in [-0.05, 0) is 81.4 Å². The van der Waals surface area contributed by atoms with E-state index in [2.05, 4.69) is 26.9 Å². The fourth-order valence-electron chi connectivity index (χ4n) is 3.67. The summed E-state index contributed by atoms with van der Waals surface area (Å²) in [4.78, 5) is 16.0. The van der Waals surface area contributed by atoms with Gasteiger partial charge in [-0.25, -0.2) is 0 Å². The molecule has 7 heteroatoms. The molecular formula is C25H28N4O2S. The van der Waals surface area contributed by atoms with Crippen LogP contribution in [0.5, 0.6) is 5.75 Å². The number of carbonyl (C=O) groups is 1. The molecule has 166 valence electrons. The zero-order valence-corrected chi connectivity index (χ0v) is 19.9. The van der Waals surface area contributed by atoms with E-state index < -0.39 is 0 Å². The van der Waals surface area contributed by atoms with Crippen LogP contribution >= 0.6 is 11.3 Å². The third-order valence-electron chi connectivity index (χ3n) is 5.42. The molecule has 2 aromatic heterocycles. The molecule has 0 saturated heterocycles. The molecule has 0 saturated carbocycles. The summed E-state index contributed by atoms with van der Waals surface area (Å²) in [6, 6.07) is 15.9. The maximum Gasteiger partial charge on any atom is 0.262 e. The lowest BCUT2D eigenvalue weighted by molar-refractivity contribution is -0.117. The second kappa shape index (κ2) is 10.3. The van der Waals surface area contributed by atoms with Crippen molar-refractivity contribution >= 4 is 23.3 Å². The van der Waals surface area contributed by atoms with Crippen molar-refractivity contribution < 1.29 is 9.53 Å². The number of hydrogen-bond donors (Lipinski definition) is 1. The predicted molar refractivity (Wildman–Crippen MR) is 129 cm³/mol. The smallest absolute Gasteiger partial charge is 0.262 e. The second-order valence-corrected chi connectivity index (χ2v) is 8.71. The summed E-state index contributed by atoms with van der Waals surface area (Å²) in [6.45, 7) is 4.41. The van der Waals surface area contributed by atoms with Crippen LogP contribution in [0.3, 0.4) is 0 Å². The van der Waals surface area contributed by atoms with Gasteiger partial charge in [0.2, 0.25) is 0 Å². The largest absolute Gasteiger partial charge is 0.497 e. The Morgan fingerprint density at radius 2 is 2.00 bits per heavy atom. The van der Waals surface area contributed by atoms with E-state index in [-0.39, 0.29) is 17.5 Å². The van der Waals surface area contributed by atoms with Crippen molar-refractivity contribution in [1.82, 2.24) is 14.8 Å². The molecule has 32 heavy (non-hydrogen) atoms. The second-order valence-electron chi connectivity index (χ2n) is 7.73. The minimum absolute atomic E-state index is 0.0547. The molecule has 0 fully saturated rings. The number of nitrogens with zero attached hydrogens (tertiary/aromatic N) is 3. The number of aryl methyl sites for hydroxylation is 1. The van der Waals surface area contributed by atoms with E-state index in [1.54, 1.807) is 24.5 Å². The maximum absolute atomic E-state index is 12.8. The van der Waals surface area contributed by atoms with Crippen LogP contribution in [0, 0.1) is 25.2 Å². The normalized spacial score (nSPS) is 12.5. The van der Waals surface area contributed by atoms with Crippen molar-refractivity contribution in [3.05, 3.63) is 75.2 Å². The predicted octanol–water partition coefficient (Wildman–Crippen LogP) is 4.49. The summed E-state index contributed by atoms with van der Waals surface area (Å²) >= 11 is 1.65. The fraction of sp³-hybridized carbons (Fsp3) is 0.280. The molecule has 0 radical (unpaired) electrons. The third-order valence-corrected chi connectivity index (χ3v) is 6.39. The van der Waals surface area contributed by atoms with E-state index in [0.29, 0.717) is 6.54 Å². The van der Waals surface area contributed by atoms with Gasteiger partial charge in [0.25, 0.3) is 5.91 Å². The van der Waals surface area contributed by atoms with Gasteiger partial charge in [-0.15, -0.1) is 11.3 Å². The SMILES string of the molecule is COc1ccc(-n2c(C)cc(/C=C(\C#N)C(=O)NCC(c3cccs3)N(C)C)c2C)cc1. The number of nitrogens with one attached hydrogen (secondary N) is 1. The van der Waals surface area contributed by atoms with Crippen molar-refractivity contribution in [2.45, 2.75) is 19.9 Å². The average Bonchev–Trinajstić information content (AvgIpc) is 3.40. The minimum Gasteiger partial charge on any atom is -0.497 e. The maximum atomic E-state index is 12.8. The van der Waals surface area contributed by atoms with Crippen molar-refractivity contribution in [2.75, 3.05) is 27.7 Å². The van der Waals surface area contributed by atoms with Crippen LogP contribution in [0.25, 0.3) is 11.8 Å². The lowest BCUT2D eigenvalue weighted by Gasteiger charge is -2.23. The minimum atomic E-state index is -0.370. The molecular weight excluding hydrogens is 420 g/mol. The molecule has 0 bridgehead atoms. The zero-order chi connectivity index (χ0) is 23.3. The van der Waals surface area contributed by atoms with Crippen LogP contribution in [0.2, 0.25) is 0 Å². The van der Waals surface area contributed by atoms with Gasteiger partial charge in [-0.1, -0.05) is 6.07 Å². The number of carbonyl (C=O) groups excluding carboxylic acids is 1. The summed E-state index contributed by atoms with van der Waals surface area (Å²) in [5, 5.41) is 14.6. The highest BCUT2D eigenvalue weighted by Crippen LogP contribution is 2.25. The molecule has 1 atom stereocenters. The number of likely N-dealkylation sites (N-methyl/N-ethyl adjacent to an activating group) is 1. The topological polar surface area (TPSA) is 70.3 Å². The molecule has 0 aliphatic heterocycles. The first-order valence-corrected chi connectivity index (χ1v) is 11.2. The van der Waals surface area contributed by atoms with Gasteiger partial charge in [0, 0.05) is 28.5 Å². The quantitative estimate of drug-likeness (QED) is 0.407. The molecule has 3 aromatic rings. The Morgan fingerprint density at radius 1 is 1.28 bits per heavy atom. The standard InChI is InChI=1S/C25H28N4O2S/c1-17-13-19(18(2)29(17)21-8-10-22(31-5)11-9-21)14-20(15-26)25(30)27-16-23(28(3)4)24-7-6-12-32-24/h6-14,23H,16H2,1-5H3,(H,27,30)/b20-14+. The molecule has 1 amide bonds. The Hall–Kier alpha value is -3.34. The Bertz CT molecular complexity index is 1140. The highest BCUT2D eigenvalue weighted by atomic mass is 32.1. The summed E-state index contributed by atoms with van der Waals surface area (Å²) in [5.41, 5.74) is 3.89. The van der Waals surface area contributed by atoms with E-state index in [9.17, 15) is 10.1 Å². The van der Waals surface area contributed by atoms with Gasteiger partial charge in [-0.3, -0.25) is 4.79 Å². The number of hydrogen-bond acceptors (Lipinski definition) is 5. The fourth-order valence-corrected chi connectivity index (χ4v) is 4.59. The number of amides is 1. The number of ether oxygens (including phenoxy) is 1. The lowest BCUT2D eigenvalue weighted by Crippen LogP contribution is -2.34. The first kappa shape index (κ1) is 23.3. The number of nitriles is 1. The molecule has 0 spiro atoms. The summed E-state index contributed by atoms with van der Waals surface area (Å²) in [6.07, 6.45) is 1.66. The van der Waals surface area contributed by atoms with E-state index in [1.807, 2.05) is 69.7 Å². The molecule has 0 aliphatic carbocycles. The van der Waals surface area contributed by atoms with Crippen molar-refractivity contribution in [2.24, 2.45) is 0 Å². The van der Waals surface area contributed by atoms with Gasteiger partial charge >= 0.3 is 0 Å². The van der Waals surface area contributed by atoms with Gasteiger partial charge in [-0.2, -0.15) is 5.26 Å². The van der Waals surface area contributed by atoms with Crippen molar-refractivity contribution in [3.63, 3.8) is 0 Å². The van der Waals surface area contributed by atoms with Gasteiger partial charge in [0.1, 0.15) is 17.4 Å². The Morgan fingerprint density at radius 3 is 2.56 bits per heavy atom. The number of thiophene rings is 1.